The highest BCUT2D eigenvalue weighted by Gasteiger charge is 2.06. The number of aliphatic hydroxyl groups is 1. The van der Waals surface area contributed by atoms with Crippen molar-refractivity contribution in [2.45, 2.75) is 0 Å². The number of nitrogens with one attached hydrogen (secondary N) is 3. The molecule has 5 heteroatoms. The largest absolute Gasteiger partial charge is 0.395 e. The van der Waals surface area contributed by atoms with Crippen LogP contribution in [0.1, 0.15) is 0 Å². The van der Waals surface area contributed by atoms with Crippen LogP contribution < -0.4 is 11.1 Å². The molecule has 0 saturated heterocycles. The van der Waals surface area contributed by atoms with E-state index in [0.29, 0.717) is 12.4 Å². The van der Waals surface area contributed by atoms with Gasteiger partial charge in [0.15, 0.2) is 0 Å². The zero-order valence-electron chi connectivity index (χ0n) is 9.25. The van der Waals surface area contributed by atoms with Gasteiger partial charge in [0.2, 0.25) is 0 Å². The smallest absolute Gasteiger partial charge is 0.104 e. The van der Waals surface area contributed by atoms with Gasteiger partial charge >= 0.3 is 0 Å². The number of H-pyrrole nitrogens is 2. The van der Waals surface area contributed by atoms with Gasteiger partial charge in [0, 0.05) is 28.4 Å². The molecule has 1 aromatic carbocycles. The Morgan fingerprint density at radius 3 is 2.59 bits per heavy atom. The fourth-order valence-electron chi connectivity index (χ4n) is 2.12. The standard InChI is InChI=1S/C12H14N4O/c13-11-5-7-8-6-12(14-3-4-17)16-10(8)2-1-9(7)15-11/h1-2,5-6,14-17H,3-4,13H2. The van der Waals surface area contributed by atoms with E-state index in [2.05, 4.69) is 15.3 Å². The number of hydrogen-bond donors (Lipinski definition) is 5. The van der Waals surface area contributed by atoms with E-state index in [1.807, 2.05) is 24.3 Å². The van der Waals surface area contributed by atoms with Gasteiger partial charge in [-0.25, -0.2) is 0 Å². The maximum atomic E-state index is 8.78. The summed E-state index contributed by atoms with van der Waals surface area (Å²) in [6, 6.07) is 7.97. The molecule has 3 rings (SSSR count). The van der Waals surface area contributed by atoms with Gasteiger partial charge < -0.3 is 26.1 Å². The highest BCUT2D eigenvalue weighted by atomic mass is 16.3. The molecule has 0 radical (unpaired) electrons. The van der Waals surface area contributed by atoms with Gasteiger partial charge in [0.1, 0.15) is 11.6 Å². The van der Waals surface area contributed by atoms with Crippen LogP contribution in [0.25, 0.3) is 21.8 Å². The highest BCUT2D eigenvalue weighted by molar-refractivity contribution is 6.08. The molecule has 0 aliphatic heterocycles. The van der Waals surface area contributed by atoms with Gasteiger partial charge in [-0.2, -0.15) is 0 Å². The lowest BCUT2D eigenvalue weighted by Gasteiger charge is -1.98. The summed E-state index contributed by atoms with van der Waals surface area (Å²) in [5, 5.41) is 14.1. The Morgan fingerprint density at radius 2 is 1.82 bits per heavy atom. The zero-order chi connectivity index (χ0) is 11.8. The second-order valence-electron chi connectivity index (χ2n) is 4.05. The molecule has 6 N–H and O–H groups in total. The average Bonchev–Trinajstić information content (AvgIpc) is 2.87. The third-order valence-corrected chi connectivity index (χ3v) is 2.85. The molecule has 2 aromatic heterocycles. The van der Waals surface area contributed by atoms with E-state index >= 15 is 0 Å². The molecule has 5 nitrogen and oxygen atoms in total. The lowest BCUT2D eigenvalue weighted by atomic mass is 10.2. The Morgan fingerprint density at radius 1 is 1.12 bits per heavy atom. The second-order valence-corrected chi connectivity index (χ2v) is 4.05. The number of hydrogen-bond acceptors (Lipinski definition) is 3. The Balaban J connectivity index is 2.16. The molecule has 0 atom stereocenters. The fraction of sp³-hybridized carbons (Fsp3) is 0.167. The first-order chi connectivity index (χ1) is 8.28. The van der Waals surface area contributed by atoms with E-state index in [1.54, 1.807) is 0 Å². The number of aromatic nitrogens is 2. The minimum absolute atomic E-state index is 0.113. The maximum absolute atomic E-state index is 8.78. The number of nitrogens with two attached hydrogens (primary N) is 1. The number of fused-ring (bicyclic) bond motifs is 3. The van der Waals surface area contributed by atoms with Crippen molar-refractivity contribution < 1.29 is 5.11 Å². The van der Waals surface area contributed by atoms with Crippen LogP contribution in [0.2, 0.25) is 0 Å². The summed E-state index contributed by atoms with van der Waals surface area (Å²) >= 11 is 0. The van der Waals surface area contributed by atoms with Gasteiger partial charge in [-0.1, -0.05) is 0 Å². The number of anilines is 2. The maximum Gasteiger partial charge on any atom is 0.104 e. The summed E-state index contributed by atoms with van der Waals surface area (Å²) in [5.74, 6) is 1.57. The SMILES string of the molecule is Nc1cc2c(ccc3[nH]c(NCCO)cc32)[nH]1. The van der Waals surface area contributed by atoms with Crippen molar-refractivity contribution in [1.29, 1.82) is 0 Å². The molecule has 0 amide bonds. The molecule has 2 heterocycles. The van der Waals surface area contributed by atoms with Gasteiger partial charge in [-0.3, -0.25) is 0 Å². The zero-order valence-corrected chi connectivity index (χ0v) is 9.25. The second kappa shape index (κ2) is 3.71. The molecule has 88 valence electrons. The molecule has 0 fully saturated rings. The first kappa shape index (κ1) is 10.0. The Hall–Kier alpha value is -2.14. The van der Waals surface area contributed by atoms with E-state index in [0.717, 1.165) is 27.6 Å². The van der Waals surface area contributed by atoms with Crippen molar-refractivity contribution in [3.63, 3.8) is 0 Å². The molecular formula is C12H14N4O. The average molecular weight is 230 g/mol. The number of nitrogen functional groups attached to an aromatic ring is 1. The first-order valence-corrected chi connectivity index (χ1v) is 5.52. The summed E-state index contributed by atoms with van der Waals surface area (Å²) in [4.78, 5) is 6.36. The number of rotatable bonds is 3. The minimum Gasteiger partial charge on any atom is -0.395 e. The number of aliphatic hydroxyl groups excluding tert-OH is 1. The molecule has 0 saturated carbocycles. The van der Waals surface area contributed by atoms with Crippen LogP contribution in [0.5, 0.6) is 0 Å². The van der Waals surface area contributed by atoms with Crippen molar-refractivity contribution in [3.05, 3.63) is 24.3 Å². The molecule has 0 bridgehead atoms. The van der Waals surface area contributed by atoms with Crippen LogP contribution in [0.3, 0.4) is 0 Å². The van der Waals surface area contributed by atoms with Gasteiger partial charge in [-0.15, -0.1) is 0 Å². The topological polar surface area (TPSA) is 89.9 Å². The molecular weight excluding hydrogens is 216 g/mol. The van der Waals surface area contributed by atoms with Crippen molar-refractivity contribution in [2.24, 2.45) is 0 Å². The number of benzene rings is 1. The van der Waals surface area contributed by atoms with Gasteiger partial charge in [0.05, 0.1) is 6.61 Å². The van der Waals surface area contributed by atoms with Crippen molar-refractivity contribution in [3.8, 4) is 0 Å². The molecule has 17 heavy (non-hydrogen) atoms. The van der Waals surface area contributed by atoms with Gasteiger partial charge in [-0.05, 0) is 24.3 Å². The fourth-order valence-corrected chi connectivity index (χ4v) is 2.12. The minimum atomic E-state index is 0.113. The Labute approximate surface area is 97.6 Å². The van der Waals surface area contributed by atoms with Crippen LogP contribution in [0, 0.1) is 0 Å². The third-order valence-electron chi connectivity index (χ3n) is 2.85. The Bertz CT molecular complexity index is 668. The van der Waals surface area contributed by atoms with E-state index in [4.69, 9.17) is 10.8 Å². The molecule has 0 aliphatic rings. The van der Waals surface area contributed by atoms with Gasteiger partial charge in [0.25, 0.3) is 0 Å². The monoisotopic (exact) mass is 230 g/mol. The van der Waals surface area contributed by atoms with Crippen LogP contribution in [0.4, 0.5) is 11.6 Å². The summed E-state index contributed by atoms with van der Waals surface area (Å²) in [7, 11) is 0. The van der Waals surface area contributed by atoms with Crippen molar-refractivity contribution >= 4 is 33.4 Å². The summed E-state index contributed by atoms with van der Waals surface area (Å²) in [5.41, 5.74) is 7.84. The Kier molecular flexibility index (Phi) is 2.19. The van der Waals surface area contributed by atoms with E-state index in [-0.39, 0.29) is 6.61 Å². The predicted octanol–water partition coefficient (Wildman–Crippen LogP) is 1.64. The van der Waals surface area contributed by atoms with Crippen molar-refractivity contribution in [1.82, 2.24) is 9.97 Å². The van der Waals surface area contributed by atoms with Crippen LogP contribution >= 0.6 is 0 Å². The van der Waals surface area contributed by atoms with E-state index in [9.17, 15) is 0 Å². The van der Waals surface area contributed by atoms with Crippen molar-refractivity contribution in [2.75, 3.05) is 24.2 Å². The summed E-state index contributed by atoms with van der Waals surface area (Å²) in [6.07, 6.45) is 0. The van der Waals surface area contributed by atoms with E-state index < -0.39 is 0 Å². The van der Waals surface area contributed by atoms with Crippen LogP contribution in [-0.2, 0) is 0 Å². The van der Waals surface area contributed by atoms with Crippen LogP contribution in [0.15, 0.2) is 24.3 Å². The normalized spacial score (nSPS) is 11.4. The molecule has 0 spiro atoms. The molecule has 0 unspecified atom stereocenters. The number of aromatic amines is 2. The lowest BCUT2D eigenvalue weighted by Crippen LogP contribution is -2.05. The quantitative estimate of drug-likeness (QED) is 0.473. The highest BCUT2D eigenvalue weighted by Crippen LogP contribution is 2.28. The first-order valence-electron chi connectivity index (χ1n) is 5.52. The molecule has 0 aliphatic carbocycles. The summed E-state index contributed by atoms with van der Waals surface area (Å²) in [6.45, 7) is 0.646. The molecule has 3 aromatic rings. The third kappa shape index (κ3) is 1.60. The summed E-state index contributed by atoms with van der Waals surface area (Å²) < 4.78 is 0. The lowest BCUT2D eigenvalue weighted by molar-refractivity contribution is 0.311. The predicted molar refractivity (Wildman–Crippen MR) is 70.1 cm³/mol. The van der Waals surface area contributed by atoms with E-state index in [1.165, 1.54) is 0 Å². The van der Waals surface area contributed by atoms with Crippen LogP contribution in [-0.4, -0.2) is 28.2 Å².